The zero-order valence-corrected chi connectivity index (χ0v) is 72.5. The molecule has 2 aromatic heterocycles. The van der Waals surface area contributed by atoms with E-state index >= 15 is 0 Å². The normalized spacial score (nSPS) is 11.3. The highest BCUT2D eigenvalue weighted by Gasteiger charge is 2.22. The monoisotopic (exact) mass is 1710 g/mol. The summed E-state index contributed by atoms with van der Waals surface area (Å²) in [6.07, 6.45) is 0.963. The lowest BCUT2D eigenvalue weighted by Gasteiger charge is -2.26. The highest BCUT2D eigenvalue weighted by Crippen LogP contribution is 2.48. The van der Waals surface area contributed by atoms with E-state index in [9.17, 15) is 0 Å². The molecule has 24 rings (SSSR count). The second-order valence-corrected chi connectivity index (χ2v) is 34.0. The van der Waals surface area contributed by atoms with Crippen LogP contribution in [0.1, 0.15) is 11.1 Å². The van der Waals surface area contributed by atoms with Gasteiger partial charge < -0.3 is 14.0 Å². The summed E-state index contributed by atoms with van der Waals surface area (Å²) in [5.74, 6) is 0. The van der Waals surface area contributed by atoms with Crippen LogP contribution < -0.4 is 4.90 Å². The quantitative estimate of drug-likeness (QED) is 0.0933. The molecular weight excluding hydrogens is 1620 g/mol. The Labute approximate surface area is 760 Å². The first-order chi connectivity index (χ1) is 63.9. The van der Waals surface area contributed by atoms with Crippen molar-refractivity contribution in [2.75, 3.05) is 4.90 Å². The molecule has 0 unspecified atom stereocenters. The average Bonchev–Trinajstić information content (AvgIpc) is 1.71. The fourth-order valence-electron chi connectivity index (χ4n) is 19.3. The molecule has 0 atom stereocenters. The first-order valence-corrected chi connectivity index (χ1v) is 45.0. The van der Waals surface area contributed by atoms with E-state index in [2.05, 4.69) is 540 Å². The molecule has 0 saturated carbocycles. The Hall–Kier alpha value is -16.2. The molecule has 0 N–H and O–H groups in total. The molecule has 0 aliphatic heterocycles. The molecule has 608 valence electrons. The number of rotatable bonds is 15. The molecule has 0 radical (unpaired) electrons. The van der Waals surface area contributed by atoms with Gasteiger partial charge in [-0.1, -0.05) is 416 Å². The van der Waals surface area contributed by atoms with E-state index in [1.165, 1.54) is 198 Å². The van der Waals surface area contributed by atoms with Crippen molar-refractivity contribution in [1.29, 1.82) is 0 Å². The van der Waals surface area contributed by atoms with Crippen molar-refractivity contribution in [3.8, 4) is 100 Å². The molecule has 0 aliphatic rings. The minimum atomic E-state index is 0.963. The largest absolute Gasteiger partial charge is 0.311 e. The number of hydrogen-bond acceptors (Lipinski definition) is 1. The SMILES string of the molecule is Brc1ccc(-c2ccc(-c3c4ccccc4c(-c4ccccc4)c4ccccc34)cc2)cc1.c1ccc(-c2c3ccccc3c(-c3ccc(-c4ccc(N(c5ccccc5)c5ccc(-c6ccc7c(c6)c6ccccc6n7-c6ccccc6)cc5)cc4)cc3)c3ccccc23)cc1.c1ccc(Cc2ccc(-c3ccc4c(c3)c3ccccc3n4-c3ccccc3)cc2)cc1. The van der Waals surface area contributed by atoms with Crippen LogP contribution in [0.15, 0.2) is 514 Å². The third-order valence-corrected chi connectivity index (χ3v) is 25.9. The average molecular weight is 1710 g/mol. The Morgan fingerprint density at radius 3 is 0.736 bits per heavy atom. The van der Waals surface area contributed by atoms with Crippen molar-refractivity contribution in [3.63, 3.8) is 0 Å². The number of hydrogen-bond donors (Lipinski definition) is 0. The van der Waals surface area contributed by atoms with Gasteiger partial charge in [0.05, 0.1) is 22.1 Å². The van der Waals surface area contributed by atoms with Gasteiger partial charge in [0.2, 0.25) is 0 Å². The topological polar surface area (TPSA) is 13.1 Å². The van der Waals surface area contributed by atoms with Crippen LogP contribution in [-0.4, -0.2) is 9.13 Å². The van der Waals surface area contributed by atoms with E-state index < -0.39 is 0 Å². The van der Waals surface area contributed by atoms with Gasteiger partial charge in [0, 0.05) is 54.5 Å². The maximum atomic E-state index is 3.53. The van der Waals surface area contributed by atoms with Gasteiger partial charge in [0.15, 0.2) is 0 Å². The minimum Gasteiger partial charge on any atom is -0.311 e. The van der Waals surface area contributed by atoms with E-state index in [1.807, 2.05) is 0 Å². The van der Waals surface area contributed by atoms with Crippen LogP contribution in [0.4, 0.5) is 17.1 Å². The van der Waals surface area contributed by atoms with Gasteiger partial charge in [0.25, 0.3) is 0 Å². The van der Waals surface area contributed by atoms with E-state index in [-0.39, 0.29) is 0 Å². The third kappa shape index (κ3) is 15.4. The predicted octanol–water partition coefficient (Wildman–Crippen LogP) is 35.0. The van der Waals surface area contributed by atoms with E-state index in [0.717, 1.165) is 28.0 Å². The highest BCUT2D eigenvalue weighted by molar-refractivity contribution is 9.10. The minimum absolute atomic E-state index is 0.963. The van der Waals surface area contributed by atoms with Gasteiger partial charge in [-0.25, -0.2) is 0 Å². The lowest BCUT2D eigenvalue weighted by Crippen LogP contribution is -2.09. The van der Waals surface area contributed by atoms with Crippen molar-refractivity contribution in [2.24, 2.45) is 0 Å². The Kier molecular flexibility index (Phi) is 21.4. The molecule has 0 bridgehead atoms. The number of fused-ring (bicyclic) bond motifs is 10. The third-order valence-electron chi connectivity index (χ3n) is 25.4. The second kappa shape index (κ2) is 35.1. The number of benzene rings is 22. The standard InChI is InChI=1S/C62H42N2.C32H21Br.C31H23N/c1-4-16-46(17-5-1)61-54-23-10-12-25-56(54)62(57-26-13-11-24-55(57)61)47-30-28-43(29-31-47)44-32-37-51(38-33-44)63(49-18-6-2-7-19-49)52-39-34-45(35-40-52)48-36-41-60-58(42-48)53-22-14-15-27-59(53)64(60)50-20-8-3-9-21-50;33-26-20-18-23(19-21-26)22-14-16-25(17-15-22)32-29-12-6-4-10-27(29)31(24-8-2-1-3-9-24)28-11-5-7-13-30(28)32;1-3-9-23(10-4-1)21-24-15-17-25(18-16-24)26-19-20-31-29(22-26)28-13-7-8-14-30(28)32(31)27-11-5-2-6-12-27/h1-42H;1-21H;1-20,22H,21H2. The zero-order chi connectivity index (χ0) is 85.9. The van der Waals surface area contributed by atoms with Crippen LogP contribution in [0, 0.1) is 0 Å². The lowest BCUT2D eigenvalue weighted by atomic mass is 9.86. The van der Waals surface area contributed by atoms with Crippen LogP contribution in [0.5, 0.6) is 0 Å². The van der Waals surface area contributed by atoms with E-state index in [0.29, 0.717) is 0 Å². The fraction of sp³-hybridized carbons (Fsp3) is 0.00800. The number of nitrogens with zero attached hydrogens (tertiary/aromatic N) is 3. The van der Waals surface area contributed by atoms with Gasteiger partial charge in [-0.2, -0.15) is 0 Å². The smallest absolute Gasteiger partial charge is 0.0541 e. The number of para-hydroxylation sites is 5. The van der Waals surface area contributed by atoms with Crippen LogP contribution in [0.2, 0.25) is 0 Å². The number of aromatic nitrogens is 2. The van der Waals surface area contributed by atoms with Crippen LogP contribution in [-0.2, 0) is 6.42 Å². The summed E-state index contributed by atoms with van der Waals surface area (Å²) in [5, 5.41) is 15.3. The molecule has 22 aromatic carbocycles. The first kappa shape index (κ1) is 78.7. The molecule has 0 spiro atoms. The summed E-state index contributed by atoms with van der Waals surface area (Å²) >= 11 is 3.53. The number of halogens is 1. The molecule has 0 aliphatic carbocycles. The fourth-order valence-corrected chi connectivity index (χ4v) is 19.6. The van der Waals surface area contributed by atoms with Crippen molar-refractivity contribution in [2.45, 2.75) is 6.42 Å². The molecule has 3 nitrogen and oxygen atoms in total. The van der Waals surface area contributed by atoms with Gasteiger partial charge in [-0.15, -0.1) is 0 Å². The molecule has 2 heterocycles. The molecule has 0 fully saturated rings. The van der Waals surface area contributed by atoms with Crippen LogP contribution >= 0.6 is 15.9 Å². The Morgan fingerprint density at radius 2 is 0.388 bits per heavy atom. The van der Waals surface area contributed by atoms with Crippen LogP contribution in [0.25, 0.3) is 187 Å². The number of anilines is 3. The van der Waals surface area contributed by atoms with Gasteiger partial charge in [0.1, 0.15) is 0 Å². The van der Waals surface area contributed by atoms with Crippen molar-refractivity contribution >= 4 is 120 Å². The Morgan fingerprint density at radius 1 is 0.163 bits per heavy atom. The van der Waals surface area contributed by atoms with Gasteiger partial charge in [-0.05, 0) is 259 Å². The molecule has 0 saturated heterocycles. The van der Waals surface area contributed by atoms with Gasteiger partial charge in [-0.3, -0.25) is 0 Å². The van der Waals surface area contributed by atoms with Crippen molar-refractivity contribution < 1.29 is 0 Å². The molecule has 4 heteroatoms. The highest BCUT2D eigenvalue weighted by atomic mass is 79.9. The predicted molar refractivity (Wildman–Crippen MR) is 553 cm³/mol. The maximum Gasteiger partial charge on any atom is 0.0541 e. The summed E-state index contributed by atoms with van der Waals surface area (Å²) < 4.78 is 5.82. The summed E-state index contributed by atoms with van der Waals surface area (Å²) in [6.45, 7) is 0. The van der Waals surface area contributed by atoms with Crippen molar-refractivity contribution in [3.05, 3.63) is 525 Å². The zero-order valence-electron chi connectivity index (χ0n) is 70.9. The van der Waals surface area contributed by atoms with Crippen LogP contribution in [0.3, 0.4) is 0 Å². The summed E-state index contributed by atoms with van der Waals surface area (Å²) in [6, 6.07) is 184. The Bertz CT molecular complexity index is 8050. The molecular formula is C125H86BrN3. The maximum absolute atomic E-state index is 3.53. The Balaban J connectivity index is 0.000000126. The lowest BCUT2D eigenvalue weighted by molar-refractivity contribution is 1.18. The molecule has 24 aromatic rings. The molecule has 0 amide bonds. The summed E-state index contributed by atoms with van der Waals surface area (Å²) in [4.78, 5) is 2.34. The summed E-state index contributed by atoms with van der Waals surface area (Å²) in [5.41, 5.74) is 33.0. The second-order valence-electron chi connectivity index (χ2n) is 33.0. The molecule has 129 heavy (non-hydrogen) atoms. The van der Waals surface area contributed by atoms with Gasteiger partial charge >= 0.3 is 0 Å². The summed E-state index contributed by atoms with van der Waals surface area (Å²) in [7, 11) is 0. The van der Waals surface area contributed by atoms with E-state index in [4.69, 9.17) is 0 Å². The van der Waals surface area contributed by atoms with Crippen molar-refractivity contribution in [1.82, 2.24) is 9.13 Å². The van der Waals surface area contributed by atoms with E-state index in [1.54, 1.807) is 0 Å². The first-order valence-electron chi connectivity index (χ1n) is 44.2.